The van der Waals surface area contributed by atoms with Crippen LogP contribution in [0.1, 0.15) is 26.4 Å². The monoisotopic (exact) mass is 313 g/mol. The predicted octanol–water partition coefficient (Wildman–Crippen LogP) is 1.39. The van der Waals surface area contributed by atoms with Crippen molar-refractivity contribution >= 4 is 11.8 Å². The summed E-state index contributed by atoms with van der Waals surface area (Å²) in [5.74, 6) is -0.582. The standard InChI is InChI=1S/C17H19N3O3/c1-23-10-9-19-17(22)15-11-14(7-8-18-15)16(21)20-12-13-5-3-2-4-6-13/h2-8,11H,9-10,12H2,1H3,(H,19,22)(H,20,21). The molecule has 0 atom stereocenters. The van der Waals surface area contributed by atoms with Crippen LogP contribution in [0.3, 0.4) is 0 Å². The Balaban J connectivity index is 1.95. The summed E-state index contributed by atoms with van der Waals surface area (Å²) in [5.41, 5.74) is 1.61. The summed E-state index contributed by atoms with van der Waals surface area (Å²) in [6.07, 6.45) is 1.45. The topological polar surface area (TPSA) is 80.3 Å². The zero-order chi connectivity index (χ0) is 16.5. The summed E-state index contributed by atoms with van der Waals surface area (Å²) in [6, 6.07) is 12.7. The van der Waals surface area contributed by atoms with Crippen LogP contribution in [0.5, 0.6) is 0 Å². The van der Waals surface area contributed by atoms with E-state index in [0.717, 1.165) is 5.56 Å². The fraction of sp³-hybridized carbons (Fsp3) is 0.235. The maximum absolute atomic E-state index is 12.2. The molecule has 0 unspecified atom stereocenters. The molecule has 2 rings (SSSR count). The average Bonchev–Trinajstić information content (AvgIpc) is 2.61. The zero-order valence-corrected chi connectivity index (χ0v) is 12.9. The summed E-state index contributed by atoms with van der Waals surface area (Å²) in [6.45, 7) is 1.24. The lowest BCUT2D eigenvalue weighted by Gasteiger charge is -2.07. The number of nitrogens with one attached hydrogen (secondary N) is 2. The van der Waals surface area contributed by atoms with E-state index >= 15 is 0 Å². The van der Waals surface area contributed by atoms with Crippen LogP contribution in [0.2, 0.25) is 0 Å². The number of benzene rings is 1. The first-order chi connectivity index (χ1) is 11.2. The summed E-state index contributed by atoms with van der Waals surface area (Å²) in [5, 5.41) is 5.48. The van der Waals surface area contributed by atoms with Gasteiger partial charge in [-0.1, -0.05) is 30.3 Å². The van der Waals surface area contributed by atoms with Crippen molar-refractivity contribution in [2.24, 2.45) is 0 Å². The number of carbonyl (C=O) groups excluding carboxylic acids is 2. The third kappa shape index (κ3) is 5.19. The number of hydrogen-bond acceptors (Lipinski definition) is 4. The van der Waals surface area contributed by atoms with Gasteiger partial charge in [-0.2, -0.15) is 0 Å². The maximum atomic E-state index is 12.2. The minimum atomic E-state index is -0.334. The van der Waals surface area contributed by atoms with Crippen molar-refractivity contribution in [2.75, 3.05) is 20.3 Å². The summed E-state index contributed by atoms with van der Waals surface area (Å²) in [4.78, 5) is 28.1. The van der Waals surface area contributed by atoms with E-state index in [-0.39, 0.29) is 17.5 Å². The van der Waals surface area contributed by atoms with Gasteiger partial charge in [-0.3, -0.25) is 14.6 Å². The number of nitrogens with zero attached hydrogens (tertiary/aromatic N) is 1. The lowest BCUT2D eigenvalue weighted by atomic mass is 10.2. The largest absolute Gasteiger partial charge is 0.383 e. The van der Waals surface area contributed by atoms with Crippen molar-refractivity contribution in [1.29, 1.82) is 0 Å². The van der Waals surface area contributed by atoms with Crippen molar-refractivity contribution in [3.05, 3.63) is 65.5 Å². The number of amides is 2. The Morgan fingerprint density at radius 1 is 1.09 bits per heavy atom. The van der Waals surface area contributed by atoms with Gasteiger partial charge in [0.2, 0.25) is 0 Å². The second kappa shape index (κ2) is 8.65. The van der Waals surface area contributed by atoms with E-state index in [1.807, 2.05) is 30.3 Å². The molecule has 0 aliphatic rings. The summed E-state index contributed by atoms with van der Waals surface area (Å²) < 4.78 is 4.86. The first-order valence-corrected chi connectivity index (χ1v) is 7.26. The highest BCUT2D eigenvalue weighted by molar-refractivity contribution is 5.98. The van der Waals surface area contributed by atoms with Crippen LogP contribution in [0.25, 0.3) is 0 Å². The van der Waals surface area contributed by atoms with E-state index in [1.54, 1.807) is 13.2 Å². The number of pyridine rings is 1. The summed E-state index contributed by atoms with van der Waals surface area (Å²) >= 11 is 0. The molecule has 0 aliphatic heterocycles. The molecule has 2 N–H and O–H groups in total. The number of hydrogen-bond donors (Lipinski definition) is 2. The molecule has 2 aromatic rings. The van der Waals surface area contributed by atoms with Gasteiger partial charge in [-0.05, 0) is 17.7 Å². The minimum Gasteiger partial charge on any atom is -0.383 e. The van der Waals surface area contributed by atoms with Crippen LogP contribution in [-0.2, 0) is 11.3 Å². The van der Waals surface area contributed by atoms with Gasteiger partial charge in [0.1, 0.15) is 5.69 Å². The van der Waals surface area contributed by atoms with Crippen LogP contribution in [0.15, 0.2) is 48.7 Å². The van der Waals surface area contributed by atoms with Crippen molar-refractivity contribution in [1.82, 2.24) is 15.6 Å². The van der Waals surface area contributed by atoms with Crippen molar-refractivity contribution in [2.45, 2.75) is 6.54 Å². The molecule has 6 heteroatoms. The fourth-order valence-electron chi connectivity index (χ4n) is 1.93. The number of carbonyl (C=O) groups is 2. The smallest absolute Gasteiger partial charge is 0.269 e. The molecule has 2 amide bonds. The van der Waals surface area contributed by atoms with E-state index in [9.17, 15) is 9.59 Å². The molecule has 0 fully saturated rings. The highest BCUT2D eigenvalue weighted by atomic mass is 16.5. The second-order valence-corrected chi connectivity index (χ2v) is 4.85. The maximum Gasteiger partial charge on any atom is 0.269 e. The molecule has 1 aromatic heterocycles. The Bertz CT molecular complexity index is 659. The molecule has 1 aromatic carbocycles. The normalized spacial score (nSPS) is 10.1. The van der Waals surface area contributed by atoms with Gasteiger partial charge in [-0.25, -0.2) is 0 Å². The Morgan fingerprint density at radius 3 is 2.61 bits per heavy atom. The van der Waals surface area contributed by atoms with E-state index in [2.05, 4.69) is 15.6 Å². The van der Waals surface area contributed by atoms with Gasteiger partial charge in [0.05, 0.1) is 6.61 Å². The van der Waals surface area contributed by atoms with E-state index < -0.39 is 0 Å². The molecule has 0 aliphatic carbocycles. The number of ether oxygens (including phenoxy) is 1. The quantitative estimate of drug-likeness (QED) is 0.757. The lowest BCUT2D eigenvalue weighted by Crippen LogP contribution is -2.28. The second-order valence-electron chi connectivity index (χ2n) is 4.85. The Hall–Kier alpha value is -2.73. The Labute approximate surface area is 134 Å². The molecule has 0 saturated heterocycles. The highest BCUT2D eigenvalue weighted by Gasteiger charge is 2.11. The van der Waals surface area contributed by atoms with E-state index in [1.165, 1.54) is 12.3 Å². The third-order valence-corrected chi connectivity index (χ3v) is 3.14. The SMILES string of the molecule is COCCNC(=O)c1cc(C(=O)NCc2ccccc2)ccn1. The molecular formula is C17H19N3O3. The van der Waals surface area contributed by atoms with Gasteiger partial charge in [0, 0.05) is 32.0 Å². The van der Waals surface area contributed by atoms with Gasteiger partial charge < -0.3 is 15.4 Å². The first-order valence-electron chi connectivity index (χ1n) is 7.26. The Kier molecular flexibility index (Phi) is 6.26. The van der Waals surface area contributed by atoms with Crippen LogP contribution < -0.4 is 10.6 Å². The van der Waals surface area contributed by atoms with Crippen LogP contribution in [0, 0.1) is 0 Å². The van der Waals surface area contributed by atoms with Crippen molar-refractivity contribution < 1.29 is 14.3 Å². The summed E-state index contributed by atoms with van der Waals surface area (Å²) in [7, 11) is 1.56. The Morgan fingerprint density at radius 2 is 1.87 bits per heavy atom. The van der Waals surface area contributed by atoms with Gasteiger partial charge in [0.25, 0.3) is 11.8 Å². The van der Waals surface area contributed by atoms with Crippen LogP contribution >= 0.6 is 0 Å². The van der Waals surface area contributed by atoms with Crippen molar-refractivity contribution in [3.63, 3.8) is 0 Å². The number of methoxy groups -OCH3 is 1. The molecule has 1 heterocycles. The predicted molar refractivity (Wildman–Crippen MR) is 86.1 cm³/mol. The fourth-order valence-corrected chi connectivity index (χ4v) is 1.93. The lowest BCUT2D eigenvalue weighted by molar-refractivity contribution is 0.0932. The van der Waals surface area contributed by atoms with E-state index in [4.69, 9.17) is 4.74 Å². The molecular weight excluding hydrogens is 294 g/mol. The van der Waals surface area contributed by atoms with E-state index in [0.29, 0.717) is 25.3 Å². The van der Waals surface area contributed by atoms with Gasteiger partial charge >= 0.3 is 0 Å². The molecule has 0 spiro atoms. The van der Waals surface area contributed by atoms with Gasteiger partial charge in [-0.15, -0.1) is 0 Å². The van der Waals surface area contributed by atoms with Crippen molar-refractivity contribution in [3.8, 4) is 0 Å². The minimum absolute atomic E-state index is 0.202. The van der Waals surface area contributed by atoms with Gasteiger partial charge in [0.15, 0.2) is 0 Å². The number of rotatable bonds is 7. The first kappa shape index (κ1) is 16.6. The molecule has 0 radical (unpaired) electrons. The third-order valence-electron chi connectivity index (χ3n) is 3.14. The number of aromatic nitrogens is 1. The van der Waals surface area contributed by atoms with Crippen LogP contribution in [0.4, 0.5) is 0 Å². The van der Waals surface area contributed by atoms with Crippen LogP contribution in [-0.4, -0.2) is 37.1 Å². The average molecular weight is 313 g/mol. The molecule has 23 heavy (non-hydrogen) atoms. The molecule has 0 saturated carbocycles. The molecule has 0 bridgehead atoms. The zero-order valence-electron chi connectivity index (χ0n) is 12.9. The molecule has 6 nitrogen and oxygen atoms in total. The molecule has 120 valence electrons. The highest BCUT2D eigenvalue weighted by Crippen LogP contribution is 2.04.